The highest BCUT2D eigenvalue weighted by Gasteiger charge is 2.18. The van der Waals surface area contributed by atoms with Crippen LogP contribution in [0.4, 0.5) is 0 Å². The Morgan fingerprint density at radius 1 is 0.317 bits per heavy atom. The maximum atomic E-state index is 9.73. The Balaban J connectivity index is 1.05. The van der Waals surface area contributed by atoms with Crippen molar-refractivity contribution in [2.75, 3.05) is 0 Å². The van der Waals surface area contributed by atoms with Gasteiger partial charge in [0.2, 0.25) is 0 Å². The van der Waals surface area contributed by atoms with Crippen molar-refractivity contribution in [2.24, 2.45) is 0 Å². The van der Waals surface area contributed by atoms with E-state index in [1.54, 1.807) is 0 Å². The minimum Gasteiger partial charge on any atom is -0.256 e. The average Bonchev–Trinajstić information content (AvgIpc) is 3.33. The van der Waals surface area contributed by atoms with Gasteiger partial charge in [-0.3, -0.25) is 9.97 Å². The first-order valence-corrected chi connectivity index (χ1v) is 19.8. The van der Waals surface area contributed by atoms with E-state index in [1.165, 1.54) is 0 Å². The van der Waals surface area contributed by atoms with Crippen LogP contribution in [0.25, 0.3) is 111 Å². The molecule has 0 fully saturated rings. The zero-order valence-electron chi connectivity index (χ0n) is 32.2. The third-order valence-electron chi connectivity index (χ3n) is 11.3. The summed E-state index contributed by atoms with van der Waals surface area (Å²) in [6.45, 7) is 0. The van der Waals surface area contributed by atoms with Crippen LogP contribution in [0.5, 0.6) is 0 Å². The van der Waals surface area contributed by atoms with Crippen molar-refractivity contribution in [1.29, 1.82) is 5.26 Å². The molecule has 3 aromatic heterocycles. The van der Waals surface area contributed by atoms with Gasteiger partial charge in [-0.15, -0.1) is 0 Å². The van der Waals surface area contributed by atoms with Crippen LogP contribution in [0.3, 0.4) is 0 Å². The molecule has 0 spiro atoms. The van der Waals surface area contributed by atoms with Gasteiger partial charge in [-0.05, 0) is 74.8 Å². The molecule has 0 bridgehead atoms. The quantitative estimate of drug-likeness (QED) is 0.157. The number of rotatable bonds is 6. The highest BCUT2D eigenvalue weighted by atomic mass is 15.0. The van der Waals surface area contributed by atoms with E-state index in [9.17, 15) is 5.26 Å². The average molecular weight is 765 g/mol. The zero-order valence-corrected chi connectivity index (χ0v) is 32.2. The van der Waals surface area contributed by atoms with Crippen LogP contribution >= 0.6 is 0 Å². The first-order valence-electron chi connectivity index (χ1n) is 19.8. The molecule has 0 aliphatic heterocycles. The predicted molar refractivity (Wildman–Crippen MR) is 243 cm³/mol. The van der Waals surface area contributed by atoms with Gasteiger partial charge in [0.15, 0.2) is 17.5 Å². The standard InChI is InChI=1S/C54H32N6/c55-33-40-26-27-42(43-19-8-7-18-41(40)43)34-22-24-35(25-23-34)46-31-48-45-21-11-29-57-51(45)47(32-49(48)44-20-10-28-56-50(44)46)38-16-9-17-39(30-38)54-59-52(36-12-3-1-4-13-36)58-53(60-54)37-14-5-2-6-15-37/h1-32H. The molecule has 0 unspecified atom stereocenters. The second-order valence-corrected chi connectivity index (χ2v) is 14.8. The number of aromatic nitrogens is 5. The van der Waals surface area contributed by atoms with E-state index in [4.69, 9.17) is 24.9 Å². The van der Waals surface area contributed by atoms with Crippen molar-refractivity contribution in [3.63, 3.8) is 0 Å². The molecule has 0 saturated carbocycles. The van der Waals surface area contributed by atoms with Crippen molar-refractivity contribution in [2.45, 2.75) is 0 Å². The molecule has 6 nitrogen and oxygen atoms in total. The van der Waals surface area contributed by atoms with Crippen LogP contribution < -0.4 is 0 Å². The summed E-state index contributed by atoms with van der Waals surface area (Å²) in [5.41, 5.74) is 11.6. The Morgan fingerprint density at radius 2 is 0.783 bits per heavy atom. The van der Waals surface area contributed by atoms with E-state index in [1.807, 2.05) is 116 Å². The van der Waals surface area contributed by atoms with Crippen LogP contribution in [-0.2, 0) is 0 Å². The van der Waals surface area contributed by atoms with Gasteiger partial charge in [0, 0.05) is 56.4 Å². The van der Waals surface area contributed by atoms with Gasteiger partial charge >= 0.3 is 0 Å². The molecule has 6 heteroatoms. The summed E-state index contributed by atoms with van der Waals surface area (Å²) >= 11 is 0. The monoisotopic (exact) mass is 764 g/mol. The summed E-state index contributed by atoms with van der Waals surface area (Å²) in [7, 11) is 0. The number of hydrogen-bond donors (Lipinski definition) is 0. The fourth-order valence-electron chi connectivity index (χ4n) is 8.38. The largest absolute Gasteiger partial charge is 0.256 e. The fourth-order valence-corrected chi connectivity index (χ4v) is 8.38. The van der Waals surface area contributed by atoms with E-state index in [0.29, 0.717) is 23.0 Å². The van der Waals surface area contributed by atoms with Crippen LogP contribution in [0.1, 0.15) is 5.56 Å². The molecule has 0 radical (unpaired) electrons. The van der Waals surface area contributed by atoms with Crippen LogP contribution in [0, 0.1) is 11.3 Å². The Bertz CT molecular complexity index is 3430. The number of pyridine rings is 2. The number of fused-ring (bicyclic) bond motifs is 6. The van der Waals surface area contributed by atoms with Crippen molar-refractivity contribution in [1.82, 2.24) is 24.9 Å². The van der Waals surface area contributed by atoms with Gasteiger partial charge in [-0.25, -0.2) is 15.0 Å². The Labute approximate surface area is 345 Å². The highest BCUT2D eigenvalue weighted by molar-refractivity contribution is 6.22. The molecule has 278 valence electrons. The van der Waals surface area contributed by atoms with Gasteiger partial charge < -0.3 is 0 Å². The normalized spacial score (nSPS) is 11.3. The van der Waals surface area contributed by atoms with Gasteiger partial charge in [0.05, 0.1) is 22.7 Å². The van der Waals surface area contributed by atoms with Gasteiger partial charge in [0.25, 0.3) is 0 Å². The van der Waals surface area contributed by atoms with Crippen molar-refractivity contribution in [3.8, 4) is 73.6 Å². The minimum atomic E-state index is 0.597. The number of benzene rings is 8. The first kappa shape index (κ1) is 34.8. The number of hydrogen-bond acceptors (Lipinski definition) is 6. The molecule has 0 N–H and O–H groups in total. The molecule has 0 amide bonds. The van der Waals surface area contributed by atoms with E-state index >= 15 is 0 Å². The second kappa shape index (κ2) is 14.5. The molecule has 60 heavy (non-hydrogen) atoms. The van der Waals surface area contributed by atoms with E-state index in [-0.39, 0.29) is 0 Å². The summed E-state index contributed by atoms with van der Waals surface area (Å²) in [4.78, 5) is 24.9. The van der Waals surface area contributed by atoms with E-state index in [0.717, 1.165) is 93.4 Å². The number of nitrogens with zero attached hydrogens (tertiary/aromatic N) is 6. The maximum Gasteiger partial charge on any atom is 0.164 e. The highest BCUT2D eigenvalue weighted by Crippen LogP contribution is 2.42. The van der Waals surface area contributed by atoms with Gasteiger partial charge in [-0.1, -0.05) is 146 Å². The van der Waals surface area contributed by atoms with Crippen LogP contribution in [0.15, 0.2) is 194 Å². The summed E-state index contributed by atoms with van der Waals surface area (Å²) in [5, 5.41) is 16.1. The lowest BCUT2D eigenvalue weighted by Crippen LogP contribution is -2.00. The summed E-state index contributed by atoms with van der Waals surface area (Å²) in [5.74, 6) is 1.84. The Hall–Kier alpha value is -8.40. The lowest BCUT2D eigenvalue weighted by atomic mass is 9.90. The topological polar surface area (TPSA) is 88.2 Å². The summed E-state index contributed by atoms with van der Waals surface area (Å²) < 4.78 is 0. The lowest BCUT2D eigenvalue weighted by Gasteiger charge is -2.16. The lowest BCUT2D eigenvalue weighted by molar-refractivity contribution is 1.07. The third kappa shape index (κ3) is 6.01. The Morgan fingerprint density at radius 3 is 1.37 bits per heavy atom. The van der Waals surface area contributed by atoms with Crippen molar-refractivity contribution < 1.29 is 0 Å². The van der Waals surface area contributed by atoms with Crippen LogP contribution in [0.2, 0.25) is 0 Å². The molecule has 0 atom stereocenters. The van der Waals surface area contributed by atoms with Crippen molar-refractivity contribution in [3.05, 3.63) is 200 Å². The van der Waals surface area contributed by atoms with E-state index < -0.39 is 0 Å². The second-order valence-electron chi connectivity index (χ2n) is 14.8. The molecule has 0 aliphatic rings. The molecule has 0 saturated heterocycles. The number of nitriles is 1. The predicted octanol–water partition coefficient (Wildman–Crippen LogP) is 13.1. The molecule has 11 rings (SSSR count). The zero-order chi connectivity index (χ0) is 40.0. The maximum absolute atomic E-state index is 9.73. The molecular weight excluding hydrogens is 733 g/mol. The molecular formula is C54H32N6. The smallest absolute Gasteiger partial charge is 0.164 e. The molecule has 8 aromatic carbocycles. The molecule has 3 heterocycles. The fraction of sp³-hybridized carbons (Fsp3) is 0. The van der Waals surface area contributed by atoms with Gasteiger partial charge in [0.1, 0.15) is 0 Å². The first-order chi connectivity index (χ1) is 29.7. The SMILES string of the molecule is N#Cc1ccc(-c2ccc(-c3cc4c5cccnc5c(-c5cccc(-c6nc(-c7ccccc7)nc(-c7ccccc7)n6)c5)cc4c4cccnc34)cc2)c2ccccc12. The summed E-state index contributed by atoms with van der Waals surface area (Å²) in [6, 6.07) is 64.4. The Kier molecular flexibility index (Phi) is 8.42. The molecule has 0 aliphatic carbocycles. The summed E-state index contributed by atoms with van der Waals surface area (Å²) in [6.07, 6.45) is 3.73. The van der Waals surface area contributed by atoms with Crippen molar-refractivity contribution >= 4 is 43.4 Å². The van der Waals surface area contributed by atoms with Gasteiger partial charge in [-0.2, -0.15) is 5.26 Å². The van der Waals surface area contributed by atoms with E-state index in [2.05, 4.69) is 84.9 Å². The molecule has 11 aromatic rings. The minimum absolute atomic E-state index is 0.597. The third-order valence-corrected chi connectivity index (χ3v) is 11.3. The van der Waals surface area contributed by atoms with Crippen LogP contribution in [-0.4, -0.2) is 24.9 Å².